The van der Waals surface area contributed by atoms with Gasteiger partial charge in [-0.1, -0.05) is 198 Å². The molecule has 12 aromatic carbocycles. The van der Waals surface area contributed by atoms with E-state index in [4.69, 9.17) is 0 Å². The van der Waals surface area contributed by atoms with E-state index in [1.54, 1.807) is 0 Å². The zero-order chi connectivity index (χ0) is 47.8. The Morgan fingerprint density at radius 1 is 0.278 bits per heavy atom. The standard InChI is InChI=1S/C70H48N2/c1-69(2)59-37-45(23-29-53(59)55-33-27-47(39-61(55)69)71-63-35-25-41-13-5-9-17-49(41)65(63)57-31-21-43-15-7-11-19-51(43)67(57)71)46-24-30-54-56-34-28-48(40-62(56)70(3,4)60(54)38-46)72-64-36-26-42-14-6-10-18-50(42)66(64)58-32-22-44-16-8-12-20-52(44)68(58)72/h5-40H,1-4H3. The molecule has 2 heterocycles. The molecule has 0 unspecified atom stereocenters. The van der Waals surface area contributed by atoms with Gasteiger partial charge in [-0.15, -0.1) is 0 Å². The van der Waals surface area contributed by atoms with Crippen LogP contribution in [-0.4, -0.2) is 9.13 Å². The molecule has 0 aliphatic heterocycles. The summed E-state index contributed by atoms with van der Waals surface area (Å²) in [7, 11) is 0. The van der Waals surface area contributed by atoms with E-state index < -0.39 is 0 Å². The highest BCUT2D eigenvalue weighted by Gasteiger charge is 2.38. The van der Waals surface area contributed by atoms with Crippen molar-refractivity contribution >= 4 is 86.7 Å². The molecule has 0 amide bonds. The fourth-order valence-corrected chi connectivity index (χ4v) is 13.7. The van der Waals surface area contributed by atoms with Crippen LogP contribution < -0.4 is 0 Å². The molecule has 0 saturated carbocycles. The molecule has 0 spiro atoms. The summed E-state index contributed by atoms with van der Waals surface area (Å²) in [6, 6.07) is 82.7. The topological polar surface area (TPSA) is 9.86 Å². The first-order valence-corrected chi connectivity index (χ1v) is 25.5. The van der Waals surface area contributed by atoms with Gasteiger partial charge < -0.3 is 9.13 Å². The lowest BCUT2D eigenvalue weighted by Gasteiger charge is -2.24. The van der Waals surface area contributed by atoms with Crippen molar-refractivity contribution in [2.24, 2.45) is 0 Å². The first-order chi connectivity index (χ1) is 35.2. The number of benzene rings is 12. The van der Waals surface area contributed by atoms with Gasteiger partial charge in [0.1, 0.15) is 0 Å². The molecular formula is C70H48N2. The third-order valence-corrected chi connectivity index (χ3v) is 17.3. The number of hydrogen-bond donors (Lipinski definition) is 0. The highest BCUT2D eigenvalue weighted by molar-refractivity contribution is 6.27. The third-order valence-electron chi connectivity index (χ3n) is 17.3. The van der Waals surface area contributed by atoms with Crippen LogP contribution in [0.3, 0.4) is 0 Å². The second-order valence-electron chi connectivity index (χ2n) is 21.6. The average molecular weight is 917 g/mol. The molecule has 2 heteroatoms. The lowest BCUT2D eigenvalue weighted by molar-refractivity contribution is 0.659. The van der Waals surface area contributed by atoms with Gasteiger partial charge in [0.25, 0.3) is 0 Å². The SMILES string of the molecule is CC1(C)c2cc(-c3ccc4c(c3)C(C)(C)c3cc(-n5c6ccc7ccccc7c6c6ccc7ccccc7c65)ccc3-4)ccc2-c2ccc(-n3c4ccc5ccccc5c4c4ccc5ccccc5c43)cc21. The van der Waals surface area contributed by atoms with Gasteiger partial charge >= 0.3 is 0 Å². The van der Waals surface area contributed by atoms with Gasteiger partial charge in [0.2, 0.25) is 0 Å². The van der Waals surface area contributed by atoms with E-state index in [0.29, 0.717) is 0 Å². The second-order valence-corrected chi connectivity index (χ2v) is 21.6. The van der Waals surface area contributed by atoms with Crippen LogP contribution in [0.5, 0.6) is 0 Å². The van der Waals surface area contributed by atoms with E-state index >= 15 is 0 Å². The number of rotatable bonds is 3. The maximum absolute atomic E-state index is 2.53. The summed E-state index contributed by atoms with van der Waals surface area (Å²) in [5, 5.41) is 15.4. The summed E-state index contributed by atoms with van der Waals surface area (Å²) < 4.78 is 5.06. The average Bonchev–Trinajstić information content (AvgIpc) is 4.09. The molecule has 0 bridgehead atoms. The van der Waals surface area contributed by atoms with Crippen LogP contribution in [0.15, 0.2) is 218 Å². The van der Waals surface area contributed by atoms with Crippen molar-refractivity contribution in [3.8, 4) is 44.8 Å². The van der Waals surface area contributed by atoms with Gasteiger partial charge in [-0.25, -0.2) is 0 Å². The molecule has 2 nitrogen and oxygen atoms in total. The smallest absolute Gasteiger partial charge is 0.0619 e. The van der Waals surface area contributed by atoms with Gasteiger partial charge in [-0.05, 0) is 136 Å². The molecule has 338 valence electrons. The highest BCUT2D eigenvalue weighted by atomic mass is 15.0. The van der Waals surface area contributed by atoms with Crippen molar-refractivity contribution in [3.63, 3.8) is 0 Å². The largest absolute Gasteiger partial charge is 0.309 e. The molecule has 16 rings (SSSR count). The molecule has 0 radical (unpaired) electrons. The Hall–Kier alpha value is -8.72. The molecule has 2 aromatic heterocycles. The first kappa shape index (κ1) is 40.1. The van der Waals surface area contributed by atoms with Crippen molar-refractivity contribution in [1.82, 2.24) is 9.13 Å². The summed E-state index contributed by atoms with van der Waals surface area (Å²) in [6.45, 7) is 9.68. The molecule has 72 heavy (non-hydrogen) atoms. The van der Waals surface area contributed by atoms with Gasteiger partial charge in [0.15, 0.2) is 0 Å². The third kappa shape index (κ3) is 5.18. The monoisotopic (exact) mass is 916 g/mol. The quantitative estimate of drug-likeness (QED) is 0.167. The summed E-state index contributed by atoms with van der Waals surface area (Å²) in [4.78, 5) is 0. The van der Waals surface area contributed by atoms with Crippen LogP contribution in [0.25, 0.3) is 131 Å². The minimum atomic E-state index is -0.211. The van der Waals surface area contributed by atoms with Crippen LogP contribution in [0, 0.1) is 0 Å². The predicted molar refractivity (Wildman–Crippen MR) is 306 cm³/mol. The number of hydrogen-bond acceptors (Lipinski definition) is 0. The number of aromatic nitrogens is 2. The maximum Gasteiger partial charge on any atom is 0.0619 e. The van der Waals surface area contributed by atoms with Crippen LogP contribution in [0.1, 0.15) is 49.9 Å². The molecule has 0 atom stereocenters. The Morgan fingerprint density at radius 2 is 0.611 bits per heavy atom. The molecule has 0 fully saturated rings. The van der Waals surface area contributed by atoms with Gasteiger partial charge in [0.05, 0.1) is 22.1 Å². The van der Waals surface area contributed by atoms with Crippen molar-refractivity contribution in [3.05, 3.63) is 241 Å². The molecule has 2 aliphatic carbocycles. The summed E-state index contributed by atoms with van der Waals surface area (Å²) >= 11 is 0. The fraction of sp³-hybridized carbons (Fsp3) is 0.0857. The van der Waals surface area contributed by atoms with E-state index in [2.05, 4.69) is 255 Å². The van der Waals surface area contributed by atoms with Crippen molar-refractivity contribution in [1.29, 1.82) is 0 Å². The normalized spacial score (nSPS) is 14.3. The number of fused-ring (bicyclic) bond motifs is 20. The molecule has 2 aliphatic rings. The van der Waals surface area contributed by atoms with Crippen LogP contribution in [0.2, 0.25) is 0 Å². The Bertz CT molecular complexity index is 4440. The zero-order valence-electron chi connectivity index (χ0n) is 40.7. The summed E-state index contributed by atoms with van der Waals surface area (Å²) in [6.07, 6.45) is 0. The van der Waals surface area contributed by atoms with E-state index in [0.717, 1.165) is 0 Å². The van der Waals surface area contributed by atoms with Crippen molar-refractivity contribution in [2.75, 3.05) is 0 Å². The Balaban J connectivity index is 0.799. The summed E-state index contributed by atoms with van der Waals surface area (Å²) in [5.74, 6) is 0. The molecule has 0 saturated heterocycles. The highest BCUT2D eigenvalue weighted by Crippen LogP contribution is 2.54. The molecule has 0 N–H and O–H groups in total. The van der Waals surface area contributed by atoms with Gasteiger partial charge in [-0.2, -0.15) is 0 Å². The Kier molecular flexibility index (Phi) is 7.78. The van der Waals surface area contributed by atoms with E-state index in [1.165, 1.54) is 154 Å². The van der Waals surface area contributed by atoms with Gasteiger partial charge in [-0.3, -0.25) is 0 Å². The number of nitrogens with zero attached hydrogens (tertiary/aromatic N) is 2. The van der Waals surface area contributed by atoms with E-state index in [-0.39, 0.29) is 10.8 Å². The minimum absolute atomic E-state index is 0.211. The van der Waals surface area contributed by atoms with Crippen LogP contribution >= 0.6 is 0 Å². The zero-order valence-corrected chi connectivity index (χ0v) is 40.7. The first-order valence-electron chi connectivity index (χ1n) is 25.5. The van der Waals surface area contributed by atoms with Gasteiger partial charge in [0, 0.05) is 54.5 Å². The lowest BCUT2D eigenvalue weighted by atomic mass is 9.80. The molecular weight excluding hydrogens is 869 g/mol. The second kappa shape index (κ2) is 14.0. The van der Waals surface area contributed by atoms with E-state index in [9.17, 15) is 0 Å². The molecule has 14 aromatic rings. The maximum atomic E-state index is 2.53. The fourth-order valence-electron chi connectivity index (χ4n) is 13.7. The minimum Gasteiger partial charge on any atom is -0.309 e. The Labute approximate surface area is 417 Å². The lowest BCUT2D eigenvalue weighted by Crippen LogP contribution is -2.16. The predicted octanol–water partition coefficient (Wildman–Crippen LogP) is 18.8. The van der Waals surface area contributed by atoms with Crippen molar-refractivity contribution < 1.29 is 0 Å². The summed E-state index contributed by atoms with van der Waals surface area (Å²) in [5.41, 5.74) is 20.3. The van der Waals surface area contributed by atoms with Crippen molar-refractivity contribution in [2.45, 2.75) is 38.5 Å². The van der Waals surface area contributed by atoms with Crippen LogP contribution in [0.4, 0.5) is 0 Å². The van der Waals surface area contributed by atoms with E-state index in [1.807, 2.05) is 0 Å². The Morgan fingerprint density at radius 3 is 1.03 bits per heavy atom. The van der Waals surface area contributed by atoms with Crippen LogP contribution in [-0.2, 0) is 10.8 Å².